The van der Waals surface area contributed by atoms with Crippen molar-refractivity contribution in [3.63, 3.8) is 0 Å². The highest BCUT2D eigenvalue weighted by Gasteiger charge is 2.74. The fraction of sp³-hybridized carbons (Fsp3) is 0.517. The minimum atomic E-state index is -6.33. The number of sulfone groups is 1. The van der Waals surface area contributed by atoms with Gasteiger partial charge in [0.2, 0.25) is 5.91 Å². The molecule has 1 saturated carbocycles. The molecule has 5 rings (SSSR count). The topological polar surface area (TPSA) is 91.8 Å². The predicted octanol–water partition coefficient (Wildman–Crippen LogP) is 6.08. The molecule has 0 radical (unpaired) electrons. The standard InChI is InChI=1S/C29H28F7NO5S/c30-27(28(31,32)33,29(34,35)36)20-11-12-22-19(16-20)10-13-23-26(22,43(41,42)21-4-2-1-3-5-21)14-15-37(23)24(38)17-6-8-18(9-7-17)25(39)40/h1-5,11-12,16-18,23H,6-10,13-15H2,(H,39,40)/t17?,18?,23-,26-/m1/s1. The number of nitrogens with zero attached hydrogens (tertiary/aromatic N) is 1. The van der Waals surface area contributed by atoms with Crippen LogP contribution in [0.4, 0.5) is 30.7 Å². The molecule has 3 aliphatic rings. The number of fused-ring (bicyclic) bond motifs is 3. The number of carboxylic acids is 1. The van der Waals surface area contributed by atoms with E-state index in [2.05, 4.69) is 0 Å². The molecule has 1 saturated heterocycles. The molecular weight excluding hydrogens is 607 g/mol. The number of halogens is 7. The third-order valence-corrected chi connectivity index (χ3v) is 11.9. The summed E-state index contributed by atoms with van der Waals surface area (Å²) < 4.78 is 123. The molecule has 2 atom stereocenters. The first-order valence-corrected chi connectivity index (χ1v) is 15.2. The number of alkyl halides is 7. The van der Waals surface area contributed by atoms with Crippen LogP contribution in [-0.4, -0.2) is 55.2 Å². The molecule has 1 amide bonds. The summed E-state index contributed by atoms with van der Waals surface area (Å²) in [5.41, 5.74) is -7.60. The van der Waals surface area contributed by atoms with Crippen LogP contribution in [0, 0.1) is 11.8 Å². The van der Waals surface area contributed by atoms with Crippen LogP contribution in [0.15, 0.2) is 53.4 Å². The van der Waals surface area contributed by atoms with Crippen molar-refractivity contribution < 1.29 is 53.8 Å². The quantitative estimate of drug-likeness (QED) is 0.402. The zero-order valence-corrected chi connectivity index (χ0v) is 23.4. The number of benzene rings is 2. The van der Waals surface area contributed by atoms with Gasteiger partial charge < -0.3 is 10.0 Å². The average molecular weight is 636 g/mol. The number of carbonyl (C=O) groups excluding carboxylic acids is 1. The molecule has 1 heterocycles. The molecule has 0 unspecified atom stereocenters. The smallest absolute Gasteiger partial charge is 0.435 e. The molecule has 1 N–H and O–H groups in total. The van der Waals surface area contributed by atoms with E-state index < -0.39 is 62.0 Å². The van der Waals surface area contributed by atoms with Gasteiger partial charge in [0.25, 0.3) is 0 Å². The molecule has 0 bridgehead atoms. The highest BCUT2D eigenvalue weighted by molar-refractivity contribution is 7.92. The van der Waals surface area contributed by atoms with Gasteiger partial charge in [0.1, 0.15) is 4.75 Å². The highest BCUT2D eigenvalue weighted by atomic mass is 32.2. The maximum atomic E-state index is 15.0. The van der Waals surface area contributed by atoms with E-state index >= 15 is 0 Å². The van der Waals surface area contributed by atoms with E-state index in [4.69, 9.17) is 0 Å². The van der Waals surface area contributed by atoms with Gasteiger partial charge in [0.15, 0.2) is 9.84 Å². The summed E-state index contributed by atoms with van der Waals surface area (Å²) in [6.45, 7) is -0.0479. The van der Waals surface area contributed by atoms with E-state index in [0.29, 0.717) is 12.1 Å². The molecule has 14 heteroatoms. The van der Waals surface area contributed by atoms with Crippen molar-refractivity contribution in [1.29, 1.82) is 0 Å². The largest absolute Gasteiger partial charge is 0.481 e. The first kappa shape index (κ1) is 31.3. The molecule has 2 fully saturated rings. The summed E-state index contributed by atoms with van der Waals surface area (Å²) in [7, 11) is -4.41. The summed E-state index contributed by atoms with van der Waals surface area (Å²) in [5, 5.41) is 9.30. The Labute approximate surface area is 242 Å². The Balaban J connectivity index is 1.61. The van der Waals surface area contributed by atoms with E-state index in [1.54, 1.807) is 6.07 Å². The third-order valence-electron chi connectivity index (χ3n) is 9.31. The average Bonchev–Trinajstić information content (AvgIpc) is 3.37. The van der Waals surface area contributed by atoms with Gasteiger partial charge in [-0.15, -0.1) is 0 Å². The first-order valence-electron chi connectivity index (χ1n) is 13.8. The van der Waals surface area contributed by atoms with Gasteiger partial charge in [0.05, 0.1) is 16.9 Å². The van der Waals surface area contributed by atoms with Gasteiger partial charge in [-0.3, -0.25) is 9.59 Å². The van der Waals surface area contributed by atoms with Crippen molar-refractivity contribution in [1.82, 2.24) is 4.90 Å². The van der Waals surface area contributed by atoms with Gasteiger partial charge in [-0.2, -0.15) is 26.3 Å². The lowest BCUT2D eigenvalue weighted by Crippen LogP contribution is -2.53. The second kappa shape index (κ2) is 10.5. The number of carboxylic acid groups (broad SMARTS) is 1. The van der Waals surface area contributed by atoms with Crippen molar-refractivity contribution >= 4 is 21.7 Å². The number of hydrogen-bond donors (Lipinski definition) is 1. The monoisotopic (exact) mass is 635 g/mol. The van der Waals surface area contributed by atoms with Crippen LogP contribution >= 0.6 is 0 Å². The predicted molar refractivity (Wildman–Crippen MR) is 138 cm³/mol. The van der Waals surface area contributed by atoms with E-state index in [9.17, 15) is 53.8 Å². The third kappa shape index (κ3) is 4.71. The van der Waals surface area contributed by atoms with Crippen LogP contribution < -0.4 is 0 Å². The summed E-state index contributed by atoms with van der Waals surface area (Å²) >= 11 is 0. The SMILES string of the molecule is O=C(O)C1CCC(C(=O)N2CC[C@@]3(S(=O)(=O)c4ccccc4)c4ccc(C(F)(C(F)(F)F)C(F)(F)F)cc4CC[C@@H]23)CC1. The van der Waals surface area contributed by atoms with Crippen LogP contribution in [0.25, 0.3) is 0 Å². The summed E-state index contributed by atoms with van der Waals surface area (Å²) in [6.07, 6.45) is -12.0. The number of aryl methyl sites for hydroxylation is 1. The van der Waals surface area contributed by atoms with E-state index in [1.165, 1.54) is 29.2 Å². The molecular formula is C29H28F7NO5S. The summed E-state index contributed by atoms with van der Waals surface area (Å²) in [6, 6.07) is 7.76. The van der Waals surface area contributed by atoms with Crippen molar-refractivity contribution in [3.8, 4) is 0 Å². The van der Waals surface area contributed by atoms with Gasteiger partial charge >= 0.3 is 24.0 Å². The maximum Gasteiger partial charge on any atom is 0.435 e. The summed E-state index contributed by atoms with van der Waals surface area (Å²) in [4.78, 5) is 26.4. The maximum absolute atomic E-state index is 15.0. The molecule has 6 nitrogen and oxygen atoms in total. The second-order valence-electron chi connectivity index (χ2n) is 11.5. The van der Waals surface area contributed by atoms with Crippen LogP contribution in [-0.2, 0) is 36.3 Å². The molecule has 2 aromatic carbocycles. The lowest BCUT2D eigenvalue weighted by atomic mass is 9.76. The zero-order valence-electron chi connectivity index (χ0n) is 22.6. The number of rotatable bonds is 5. The van der Waals surface area contributed by atoms with Gasteiger partial charge in [0, 0.05) is 18.0 Å². The van der Waals surface area contributed by atoms with Gasteiger partial charge in [-0.1, -0.05) is 36.4 Å². The van der Waals surface area contributed by atoms with E-state index in [0.717, 1.165) is 6.07 Å². The normalized spacial score (nSPS) is 26.5. The Hall–Kier alpha value is -3.16. The van der Waals surface area contributed by atoms with Crippen LogP contribution in [0.2, 0.25) is 0 Å². The Morgan fingerprint density at radius 2 is 1.42 bits per heavy atom. The van der Waals surface area contributed by atoms with E-state index in [-0.39, 0.29) is 73.4 Å². The van der Waals surface area contributed by atoms with Gasteiger partial charge in [-0.05, 0) is 68.2 Å². The fourth-order valence-electron chi connectivity index (χ4n) is 7.13. The summed E-state index contributed by atoms with van der Waals surface area (Å²) in [5.74, 6) is -2.47. The molecule has 2 aromatic rings. The van der Waals surface area contributed by atoms with Crippen molar-refractivity contribution in [2.24, 2.45) is 11.8 Å². The highest BCUT2D eigenvalue weighted by Crippen LogP contribution is 2.57. The Morgan fingerprint density at radius 3 is 1.98 bits per heavy atom. The molecule has 0 spiro atoms. The fourth-order valence-corrected chi connectivity index (χ4v) is 9.51. The number of carbonyl (C=O) groups is 2. The lowest BCUT2D eigenvalue weighted by Gasteiger charge is -2.44. The molecule has 1 aliphatic heterocycles. The number of likely N-dealkylation sites (tertiary alicyclic amines) is 1. The minimum absolute atomic E-state index is 0.0479. The van der Waals surface area contributed by atoms with Crippen molar-refractivity contribution in [2.75, 3.05) is 6.54 Å². The van der Waals surface area contributed by atoms with Crippen molar-refractivity contribution in [2.45, 2.75) is 78.7 Å². The number of hydrogen-bond acceptors (Lipinski definition) is 4. The van der Waals surface area contributed by atoms with Crippen LogP contribution in [0.1, 0.15) is 55.2 Å². The molecule has 234 valence electrons. The lowest BCUT2D eigenvalue weighted by molar-refractivity contribution is -0.348. The minimum Gasteiger partial charge on any atom is -0.481 e. The van der Waals surface area contributed by atoms with Gasteiger partial charge in [-0.25, -0.2) is 12.8 Å². The van der Waals surface area contributed by atoms with Crippen LogP contribution in [0.3, 0.4) is 0 Å². The Bertz CT molecular complexity index is 1500. The molecule has 43 heavy (non-hydrogen) atoms. The second-order valence-corrected chi connectivity index (χ2v) is 13.7. The zero-order chi connectivity index (χ0) is 31.6. The number of amides is 1. The Kier molecular flexibility index (Phi) is 7.62. The molecule has 2 aliphatic carbocycles. The first-order chi connectivity index (χ1) is 20.0. The molecule has 0 aromatic heterocycles. The Morgan fingerprint density at radius 1 is 0.837 bits per heavy atom. The van der Waals surface area contributed by atoms with Crippen molar-refractivity contribution in [3.05, 3.63) is 65.2 Å². The number of aliphatic carboxylic acids is 1. The van der Waals surface area contributed by atoms with E-state index in [1.807, 2.05) is 0 Å². The van der Waals surface area contributed by atoms with Crippen LogP contribution in [0.5, 0.6) is 0 Å².